The Morgan fingerprint density at radius 3 is 2.57 bits per heavy atom. The van der Waals surface area contributed by atoms with Gasteiger partial charge < -0.3 is 5.32 Å². The first-order valence-electron chi connectivity index (χ1n) is 6.03. The molecule has 1 aliphatic heterocycles. The number of piperazine rings is 1. The predicted octanol–water partition coefficient (Wildman–Crippen LogP) is 1.86. The van der Waals surface area contributed by atoms with Gasteiger partial charge in [-0.05, 0) is 31.6 Å². The Morgan fingerprint density at radius 1 is 1.29 bits per heavy atom. The molecule has 1 heterocycles. The van der Waals surface area contributed by atoms with Crippen LogP contribution in [0.5, 0.6) is 0 Å². The zero-order valence-electron chi connectivity index (χ0n) is 9.90. The second-order valence-corrected chi connectivity index (χ2v) is 5.86. The Kier molecular flexibility index (Phi) is 2.61. The van der Waals surface area contributed by atoms with Crippen molar-refractivity contribution in [1.29, 1.82) is 0 Å². The monoisotopic (exact) mass is 196 g/mol. The van der Waals surface area contributed by atoms with E-state index in [1.54, 1.807) is 0 Å². The summed E-state index contributed by atoms with van der Waals surface area (Å²) in [5.41, 5.74) is 1.04. The molecule has 0 aromatic heterocycles. The standard InChI is InChI=1S/C12H24N2/c1-4-12(3)10-14(8-7-13-12)9-11(2)5-6-11/h13H,4-10H2,1-3H3. The van der Waals surface area contributed by atoms with Crippen molar-refractivity contribution < 1.29 is 0 Å². The molecule has 1 unspecified atom stereocenters. The van der Waals surface area contributed by atoms with Gasteiger partial charge in [0.2, 0.25) is 0 Å². The first-order valence-corrected chi connectivity index (χ1v) is 6.03. The molecule has 1 saturated heterocycles. The van der Waals surface area contributed by atoms with E-state index in [2.05, 4.69) is 31.0 Å². The Balaban J connectivity index is 1.87. The molecule has 2 fully saturated rings. The van der Waals surface area contributed by atoms with Crippen LogP contribution < -0.4 is 5.32 Å². The molecule has 0 aromatic rings. The maximum atomic E-state index is 3.64. The molecule has 0 bridgehead atoms. The molecule has 2 rings (SSSR count). The lowest BCUT2D eigenvalue weighted by Crippen LogP contribution is -2.59. The molecule has 0 aromatic carbocycles. The summed E-state index contributed by atoms with van der Waals surface area (Å²) >= 11 is 0. The van der Waals surface area contributed by atoms with E-state index in [4.69, 9.17) is 0 Å². The van der Waals surface area contributed by atoms with Crippen molar-refractivity contribution >= 4 is 0 Å². The average molecular weight is 196 g/mol. The first-order chi connectivity index (χ1) is 6.55. The van der Waals surface area contributed by atoms with Gasteiger partial charge in [0.25, 0.3) is 0 Å². The molecule has 2 heteroatoms. The van der Waals surface area contributed by atoms with E-state index in [0.29, 0.717) is 11.0 Å². The van der Waals surface area contributed by atoms with Gasteiger partial charge in [-0.2, -0.15) is 0 Å². The van der Waals surface area contributed by atoms with Crippen LogP contribution in [0.25, 0.3) is 0 Å². The molecule has 2 aliphatic rings. The fourth-order valence-corrected chi connectivity index (χ4v) is 2.43. The highest BCUT2D eigenvalue weighted by molar-refractivity contribution is 4.96. The molecular weight excluding hydrogens is 172 g/mol. The van der Waals surface area contributed by atoms with Gasteiger partial charge in [-0.25, -0.2) is 0 Å². The number of hydrogen-bond acceptors (Lipinski definition) is 2. The van der Waals surface area contributed by atoms with Crippen LogP contribution in [-0.2, 0) is 0 Å². The van der Waals surface area contributed by atoms with E-state index in [0.717, 1.165) is 0 Å². The molecule has 1 saturated carbocycles. The predicted molar refractivity (Wildman–Crippen MR) is 60.5 cm³/mol. The zero-order valence-corrected chi connectivity index (χ0v) is 9.90. The van der Waals surface area contributed by atoms with E-state index in [1.165, 1.54) is 45.4 Å². The van der Waals surface area contributed by atoms with Crippen molar-refractivity contribution in [3.05, 3.63) is 0 Å². The minimum atomic E-state index is 0.365. The largest absolute Gasteiger partial charge is 0.309 e. The number of hydrogen-bond donors (Lipinski definition) is 1. The Morgan fingerprint density at radius 2 is 2.00 bits per heavy atom. The Bertz CT molecular complexity index is 210. The van der Waals surface area contributed by atoms with Gasteiger partial charge >= 0.3 is 0 Å². The van der Waals surface area contributed by atoms with Crippen molar-refractivity contribution in [2.24, 2.45) is 5.41 Å². The molecule has 0 amide bonds. The van der Waals surface area contributed by atoms with Gasteiger partial charge in [0, 0.05) is 31.7 Å². The highest BCUT2D eigenvalue weighted by atomic mass is 15.2. The third kappa shape index (κ3) is 2.29. The van der Waals surface area contributed by atoms with Gasteiger partial charge in [-0.15, -0.1) is 0 Å². The number of nitrogens with zero attached hydrogens (tertiary/aromatic N) is 1. The lowest BCUT2D eigenvalue weighted by Gasteiger charge is -2.42. The summed E-state index contributed by atoms with van der Waals surface area (Å²) in [6.07, 6.45) is 4.12. The van der Waals surface area contributed by atoms with E-state index >= 15 is 0 Å². The van der Waals surface area contributed by atoms with Gasteiger partial charge in [0.15, 0.2) is 0 Å². The summed E-state index contributed by atoms with van der Waals surface area (Å²) in [5.74, 6) is 0. The Hall–Kier alpha value is -0.0800. The van der Waals surface area contributed by atoms with Crippen LogP contribution in [0, 0.1) is 5.41 Å². The summed E-state index contributed by atoms with van der Waals surface area (Å²) < 4.78 is 0. The minimum absolute atomic E-state index is 0.365. The van der Waals surface area contributed by atoms with E-state index in [9.17, 15) is 0 Å². The molecule has 14 heavy (non-hydrogen) atoms. The van der Waals surface area contributed by atoms with E-state index in [1.807, 2.05) is 0 Å². The van der Waals surface area contributed by atoms with Gasteiger partial charge in [0.1, 0.15) is 0 Å². The zero-order chi connectivity index (χ0) is 10.2. The minimum Gasteiger partial charge on any atom is -0.309 e. The van der Waals surface area contributed by atoms with Crippen molar-refractivity contribution in [2.75, 3.05) is 26.2 Å². The maximum Gasteiger partial charge on any atom is 0.0278 e. The molecule has 1 N–H and O–H groups in total. The highest BCUT2D eigenvalue weighted by Crippen LogP contribution is 2.45. The summed E-state index contributed by atoms with van der Waals surface area (Å²) in [7, 11) is 0. The van der Waals surface area contributed by atoms with Gasteiger partial charge in [-0.3, -0.25) is 4.90 Å². The normalized spacial score (nSPS) is 37.1. The first kappa shape index (κ1) is 10.4. The van der Waals surface area contributed by atoms with Gasteiger partial charge in [-0.1, -0.05) is 13.8 Å². The topological polar surface area (TPSA) is 15.3 Å². The molecule has 0 spiro atoms. The van der Waals surface area contributed by atoms with Gasteiger partial charge in [0.05, 0.1) is 0 Å². The van der Waals surface area contributed by atoms with Crippen LogP contribution in [0.15, 0.2) is 0 Å². The molecule has 82 valence electrons. The second-order valence-electron chi connectivity index (χ2n) is 5.86. The second kappa shape index (κ2) is 3.49. The SMILES string of the molecule is CCC1(C)CN(CC2(C)CC2)CCN1. The quantitative estimate of drug-likeness (QED) is 0.741. The van der Waals surface area contributed by atoms with Crippen molar-refractivity contribution in [3.8, 4) is 0 Å². The molecule has 2 nitrogen and oxygen atoms in total. The third-order valence-corrected chi connectivity index (χ3v) is 4.04. The van der Waals surface area contributed by atoms with Crippen LogP contribution in [0.1, 0.15) is 40.0 Å². The molecule has 1 atom stereocenters. The summed E-state index contributed by atoms with van der Waals surface area (Å²) in [6, 6.07) is 0. The maximum absolute atomic E-state index is 3.64. The lowest BCUT2D eigenvalue weighted by molar-refractivity contribution is 0.120. The molecule has 1 aliphatic carbocycles. The number of rotatable bonds is 3. The smallest absolute Gasteiger partial charge is 0.0278 e. The molecule has 0 radical (unpaired) electrons. The molecular formula is C12H24N2. The van der Waals surface area contributed by atoms with Crippen LogP contribution in [0.3, 0.4) is 0 Å². The highest BCUT2D eigenvalue weighted by Gasteiger charge is 2.40. The van der Waals surface area contributed by atoms with Crippen molar-refractivity contribution in [2.45, 2.75) is 45.6 Å². The summed E-state index contributed by atoms with van der Waals surface area (Å²) in [5, 5.41) is 3.64. The fourth-order valence-electron chi connectivity index (χ4n) is 2.43. The fraction of sp³-hybridized carbons (Fsp3) is 1.00. The van der Waals surface area contributed by atoms with Crippen LogP contribution in [0.2, 0.25) is 0 Å². The van der Waals surface area contributed by atoms with Crippen LogP contribution in [0.4, 0.5) is 0 Å². The number of nitrogens with one attached hydrogen (secondary N) is 1. The van der Waals surface area contributed by atoms with Crippen LogP contribution in [-0.4, -0.2) is 36.6 Å². The van der Waals surface area contributed by atoms with Crippen LogP contribution >= 0.6 is 0 Å². The summed E-state index contributed by atoms with van der Waals surface area (Å²) in [4.78, 5) is 2.66. The lowest BCUT2D eigenvalue weighted by atomic mass is 9.95. The Labute approximate surface area is 88.1 Å². The van der Waals surface area contributed by atoms with Crippen molar-refractivity contribution in [3.63, 3.8) is 0 Å². The van der Waals surface area contributed by atoms with E-state index < -0.39 is 0 Å². The average Bonchev–Trinajstić information content (AvgIpc) is 2.83. The third-order valence-electron chi connectivity index (χ3n) is 4.04. The summed E-state index contributed by atoms with van der Waals surface area (Å²) in [6.45, 7) is 12.0. The van der Waals surface area contributed by atoms with Crippen molar-refractivity contribution in [1.82, 2.24) is 10.2 Å². The van der Waals surface area contributed by atoms with E-state index in [-0.39, 0.29) is 0 Å².